The number of thiophene rings is 1. The van der Waals surface area contributed by atoms with E-state index in [1.165, 1.54) is 11.3 Å². The molecule has 0 spiro atoms. The van der Waals surface area contributed by atoms with Crippen molar-refractivity contribution in [2.24, 2.45) is 0 Å². The maximum absolute atomic E-state index is 12.1. The number of carbonyl (C=O) groups excluding carboxylic acids is 2. The molecule has 1 heterocycles. The van der Waals surface area contributed by atoms with Gasteiger partial charge in [-0.25, -0.2) is 4.79 Å². The number of hydrogen-bond donors (Lipinski definition) is 3. The molecule has 0 saturated carbocycles. The van der Waals surface area contributed by atoms with Gasteiger partial charge in [0.15, 0.2) is 6.04 Å². The van der Waals surface area contributed by atoms with Crippen molar-refractivity contribution in [2.75, 3.05) is 6.54 Å². The Balaban J connectivity index is 1.84. The van der Waals surface area contributed by atoms with Gasteiger partial charge in [0.2, 0.25) is 5.91 Å². The SMILES string of the molecule is Cc1cc(C)cc(C(NC(=O)CCCNC(=O)c2ccsc2)C(=O)O)c1. The van der Waals surface area contributed by atoms with Crippen molar-refractivity contribution >= 4 is 29.1 Å². The lowest BCUT2D eigenvalue weighted by atomic mass is 10.0. The fraction of sp³-hybridized carbons (Fsp3) is 0.316. The molecule has 3 N–H and O–H groups in total. The summed E-state index contributed by atoms with van der Waals surface area (Å²) in [4.78, 5) is 35.4. The van der Waals surface area contributed by atoms with Crippen molar-refractivity contribution in [2.45, 2.75) is 32.7 Å². The highest BCUT2D eigenvalue weighted by molar-refractivity contribution is 7.08. The Morgan fingerprint density at radius 1 is 1.15 bits per heavy atom. The van der Waals surface area contributed by atoms with Gasteiger partial charge in [0.1, 0.15) is 0 Å². The maximum atomic E-state index is 12.1. The first kappa shape index (κ1) is 19.7. The Labute approximate surface area is 156 Å². The van der Waals surface area contributed by atoms with Crippen LogP contribution in [0.3, 0.4) is 0 Å². The van der Waals surface area contributed by atoms with Crippen molar-refractivity contribution < 1.29 is 19.5 Å². The molecule has 1 aromatic heterocycles. The molecule has 0 bridgehead atoms. The molecule has 2 rings (SSSR count). The Morgan fingerprint density at radius 2 is 1.85 bits per heavy atom. The molecule has 1 aromatic carbocycles. The zero-order valence-electron chi connectivity index (χ0n) is 14.7. The normalized spacial score (nSPS) is 11.6. The highest BCUT2D eigenvalue weighted by Gasteiger charge is 2.22. The lowest BCUT2D eigenvalue weighted by molar-refractivity contribution is -0.142. The van der Waals surface area contributed by atoms with Gasteiger partial charge in [-0.3, -0.25) is 9.59 Å². The third-order valence-electron chi connectivity index (χ3n) is 3.78. The van der Waals surface area contributed by atoms with E-state index in [0.29, 0.717) is 24.1 Å². The number of carboxylic acids is 1. The summed E-state index contributed by atoms with van der Waals surface area (Å²) in [5.74, 6) is -1.64. The molecular weight excluding hydrogens is 352 g/mol. The Bertz CT molecular complexity index is 767. The number of nitrogens with one attached hydrogen (secondary N) is 2. The lowest BCUT2D eigenvalue weighted by Gasteiger charge is -2.16. The smallest absolute Gasteiger partial charge is 0.330 e. The van der Waals surface area contributed by atoms with Crippen molar-refractivity contribution in [1.29, 1.82) is 0 Å². The summed E-state index contributed by atoms with van der Waals surface area (Å²) in [5.41, 5.74) is 3.03. The van der Waals surface area contributed by atoms with Crippen LogP contribution in [0.5, 0.6) is 0 Å². The maximum Gasteiger partial charge on any atom is 0.330 e. The summed E-state index contributed by atoms with van der Waals surface area (Å²) >= 11 is 1.44. The van der Waals surface area contributed by atoms with E-state index >= 15 is 0 Å². The average Bonchev–Trinajstić information content (AvgIpc) is 3.09. The molecule has 0 aliphatic rings. The first-order chi connectivity index (χ1) is 12.4. The van der Waals surface area contributed by atoms with E-state index in [0.717, 1.165) is 11.1 Å². The van der Waals surface area contributed by atoms with Crippen LogP contribution < -0.4 is 10.6 Å². The van der Waals surface area contributed by atoms with Crippen LogP contribution in [0.4, 0.5) is 0 Å². The molecule has 2 aromatic rings. The summed E-state index contributed by atoms with van der Waals surface area (Å²) in [5, 5.41) is 18.3. The molecule has 0 saturated heterocycles. The highest BCUT2D eigenvalue weighted by Crippen LogP contribution is 2.17. The molecule has 138 valence electrons. The molecule has 1 atom stereocenters. The second-order valence-corrected chi connectivity index (χ2v) is 6.91. The van der Waals surface area contributed by atoms with E-state index in [1.54, 1.807) is 23.6 Å². The van der Waals surface area contributed by atoms with Crippen molar-refractivity contribution in [3.63, 3.8) is 0 Å². The van der Waals surface area contributed by atoms with Crippen molar-refractivity contribution in [3.8, 4) is 0 Å². The number of rotatable bonds is 8. The van der Waals surface area contributed by atoms with Gasteiger partial charge in [-0.2, -0.15) is 11.3 Å². The van der Waals surface area contributed by atoms with E-state index in [1.807, 2.05) is 25.3 Å². The summed E-state index contributed by atoms with van der Waals surface area (Å²) in [6.45, 7) is 4.12. The predicted molar refractivity (Wildman–Crippen MR) is 100 cm³/mol. The van der Waals surface area contributed by atoms with Gasteiger partial charge in [-0.1, -0.05) is 29.3 Å². The van der Waals surface area contributed by atoms with Gasteiger partial charge < -0.3 is 15.7 Å². The molecule has 0 radical (unpaired) electrons. The van der Waals surface area contributed by atoms with Gasteiger partial charge in [0.25, 0.3) is 5.91 Å². The number of amides is 2. The number of carboxylic acid groups (broad SMARTS) is 1. The van der Waals surface area contributed by atoms with Gasteiger partial charge in [-0.15, -0.1) is 0 Å². The van der Waals surface area contributed by atoms with Gasteiger partial charge >= 0.3 is 5.97 Å². The minimum absolute atomic E-state index is 0.137. The van der Waals surface area contributed by atoms with Crippen molar-refractivity contribution in [3.05, 3.63) is 57.3 Å². The van der Waals surface area contributed by atoms with E-state index in [-0.39, 0.29) is 18.2 Å². The number of aryl methyl sites for hydroxylation is 2. The van der Waals surface area contributed by atoms with Crippen LogP contribution in [0, 0.1) is 13.8 Å². The fourth-order valence-electron chi connectivity index (χ4n) is 2.64. The van der Waals surface area contributed by atoms with E-state index in [4.69, 9.17) is 0 Å². The minimum Gasteiger partial charge on any atom is -0.479 e. The van der Waals surface area contributed by atoms with Crippen LogP contribution in [-0.4, -0.2) is 29.4 Å². The summed E-state index contributed by atoms with van der Waals surface area (Å²) < 4.78 is 0. The van der Waals surface area contributed by atoms with Crippen LogP contribution >= 0.6 is 11.3 Å². The van der Waals surface area contributed by atoms with Gasteiger partial charge in [0, 0.05) is 23.9 Å². The molecule has 0 fully saturated rings. The topological polar surface area (TPSA) is 95.5 Å². The third-order valence-corrected chi connectivity index (χ3v) is 4.46. The Hall–Kier alpha value is -2.67. The number of carbonyl (C=O) groups is 3. The molecular formula is C19H22N2O4S. The molecule has 0 aliphatic heterocycles. The van der Waals surface area contributed by atoms with Crippen LogP contribution in [0.2, 0.25) is 0 Å². The predicted octanol–water partition coefficient (Wildman–Crippen LogP) is 2.82. The molecule has 1 unspecified atom stereocenters. The van der Waals surface area contributed by atoms with E-state index in [9.17, 15) is 19.5 Å². The zero-order valence-corrected chi connectivity index (χ0v) is 15.6. The van der Waals surface area contributed by atoms with E-state index < -0.39 is 12.0 Å². The Kier molecular flexibility index (Phi) is 6.91. The first-order valence-corrected chi connectivity index (χ1v) is 9.22. The zero-order chi connectivity index (χ0) is 19.1. The highest BCUT2D eigenvalue weighted by atomic mass is 32.1. The van der Waals surface area contributed by atoms with Crippen LogP contribution in [0.15, 0.2) is 35.0 Å². The summed E-state index contributed by atoms with van der Waals surface area (Å²) in [6, 6.07) is 6.11. The van der Waals surface area contributed by atoms with Crippen LogP contribution in [0.1, 0.15) is 45.9 Å². The molecule has 6 nitrogen and oxygen atoms in total. The molecule has 7 heteroatoms. The minimum atomic E-state index is -1.10. The quantitative estimate of drug-likeness (QED) is 0.619. The molecule has 2 amide bonds. The monoisotopic (exact) mass is 374 g/mol. The number of benzene rings is 1. The summed E-state index contributed by atoms with van der Waals surface area (Å²) in [7, 11) is 0. The van der Waals surface area contributed by atoms with Gasteiger partial charge in [-0.05, 0) is 37.3 Å². The first-order valence-electron chi connectivity index (χ1n) is 8.27. The van der Waals surface area contributed by atoms with Crippen LogP contribution in [-0.2, 0) is 9.59 Å². The second kappa shape index (κ2) is 9.15. The number of hydrogen-bond acceptors (Lipinski definition) is 4. The fourth-order valence-corrected chi connectivity index (χ4v) is 3.28. The van der Waals surface area contributed by atoms with E-state index in [2.05, 4.69) is 10.6 Å². The Morgan fingerprint density at radius 3 is 2.42 bits per heavy atom. The van der Waals surface area contributed by atoms with Gasteiger partial charge in [0.05, 0.1) is 0 Å². The average molecular weight is 374 g/mol. The lowest BCUT2D eigenvalue weighted by Crippen LogP contribution is -2.34. The number of aliphatic carboxylic acids is 1. The second-order valence-electron chi connectivity index (χ2n) is 6.13. The molecule has 0 aliphatic carbocycles. The van der Waals surface area contributed by atoms with Crippen LogP contribution in [0.25, 0.3) is 0 Å². The standard InChI is InChI=1S/C19H22N2O4S/c1-12-8-13(2)10-15(9-12)17(19(24)25)21-16(22)4-3-6-20-18(23)14-5-7-26-11-14/h5,7-11,17H,3-4,6H2,1-2H3,(H,20,23)(H,21,22)(H,24,25). The molecule has 26 heavy (non-hydrogen) atoms. The largest absolute Gasteiger partial charge is 0.479 e. The van der Waals surface area contributed by atoms with Crippen molar-refractivity contribution in [1.82, 2.24) is 10.6 Å². The third kappa shape index (κ3) is 5.70. The summed E-state index contributed by atoms with van der Waals surface area (Å²) in [6.07, 6.45) is 0.569.